The molecule has 0 unspecified atom stereocenters. The molecule has 1 amide bonds. The van der Waals surface area contributed by atoms with Gasteiger partial charge in [-0.05, 0) is 39.2 Å². The van der Waals surface area contributed by atoms with Crippen molar-refractivity contribution in [2.45, 2.75) is 38.7 Å². The van der Waals surface area contributed by atoms with Crippen molar-refractivity contribution in [2.24, 2.45) is 0 Å². The lowest BCUT2D eigenvalue weighted by molar-refractivity contribution is -0.112. The number of ether oxygens (including phenoxy) is 1. The van der Waals surface area contributed by atoms with Crippen LogP contribution >= 0.6 is 0 Å². The highest BCUT2D eigenvalue weighted by Crippen LogP contribution is 2.25. The van der Waals surface area contributed by atoms with Crippen LogP contribution in [0.4, 0.5) is 4.79 Å². The van der Waals surface area contributed by atoms with Gasteiger partial charge in [-0.1, -0.05) is 6.08 Å². The first-order valence-electron chi connectivity index (χ1n) is 6.22. The Hall–Kier alpha value is -1.36. The molecule has 0 aromatic heterocycles. The normalized spacial score (nSPS) is 19.1. The van der Waals surface area contributed by atoms with Crippen molar-refractivity contribution >= 4 is 11.9 Å². The predicted molar refractivity (Wildman–Crippen MR) is 67.6 cm³/mol. The van der Waals surface area contributed by atoms with Crippen molar-refractivity contribution < 1.29 is 19.4 Å². The van der Waals surface area contributed by atoms with E-state index < -0.39 is 6.09 Å². The summed E-state index contributed by atoms with van der Waals surface area (Å²) >= 11 is 0. The molecule has 18 heavy (non-hydrogen) atoms. The Balaban J connectivity index is 2.26. The van der Waals surface area contributed by atoms with Crippen LogP contribution in [0.15, 0.2) is 12.2 Å². The molecule has 0 aromatic rings. The SMILES string of the molecule is CC(=O)/C=C/CCOC1(C)CCN(C(=O)O)CC1. The molecule has 0 bridgehead atoms. The second kappa shape index (κ2) is 6.54. The minimum atomic E-state index is -0.860. The average molecular weight is 255 g/mol. The smallest absolute Gasteiger partial charge is 0.407 e. The summed E-state index contributed by atoms with van der Waals surface area (Å²) < 4.78 is 5.80. The van der Waals surface area contributed by atoms with Gasteiger partial charge in [0.2, 0.25) is 0 Å². The number of nitrogens with zero attached hydrogens (tertiary/aromatic N) is 1. The van der Waals surface area contributed by atoms with Crippen LogP contribution in [-0.2, 0) is 9.53 Å². The zero-order valence-corrected chi connectivity index (χ0v) is 11.0. The molecule has 1 aliphatic rings. The number of allylic oxidation sites excluding steroid dienone is 1. The number of amides is 1. The van der Waals surface area contributed by atoms with E-state index in [0.29, 0.717) is 26.1 Å². The number of likely N-dealkylation sites (tertiary alicyclic amines) is 1. The maximum absolute atomic E-state index is 10.8. The number of carbonyl (C=O) groups excluding carboxylic acids is 1. The van der Waals surface area contributed by atoms with Crippen LogP contribution < -0.4 is 0 Å². The zero-order valence-electron chi connectivity index (χ0n) is 11.0. The van der Waals surface area contributed by atoms with Crippen molar-refractivity contribution in [1.82, 2.24) is 4.90 Å². The third kappa shape index (κ3) is 4.87. The second-order valence-corrected chi connectivity index (χ2v) is 4.87. The van der Waals surface area contributed by atoms with E-state index in [4.69, 9.17) is 9.84 Å². The molecule has 0 atom stereocenters. The minimum absolute atomic E-state index is 0.0379. The Morgan fingerprint density at radius 1 is 1.39 bits per heavy atom. The van der Waals surface area contributed by atoms with E-state index in [1.54, 1.807) is 12.2 Å². The molecule has 1 heterocycles. The van der Waals surface area contributed by atoms with Gasteiger partial charge in [0.15, 0.2) is 5.78 Å². The van der Waals surface area contributed by atoms with Gasteiger partial charge in [0.05, 0.1) is 12.2 Å². The highest BCUT2D eigenvalue weighted by Gasteiger charge is 2.32. The summed E-state index contributed by atoms with van der Waals surface area (Å²) in [7, 11) is 0. The van der Waals surface area contributed by atoms with E-state index in [9.17, 15) is 9.59 Å². The number of piperidine rings is 1. The summed E-state index contributed by atoms with van der Waals surface area (Å²) in [4.78, 5) is 22.9. The molecule has 1 saturated heterocycles. The lowest BCUT2D eigenvalue weighted by Crippen LogP contribution is -2.46. The Bertz CT molecular complexity index is 330. The van der Waals surface area contributed by atoms with Gasteiger partial charge in [-0.3, -0.25) is 4.79 Å². The molecule has 1 fully saturated rings. The van der Waals surface area contributed by atoms with E-state index in [1.807, 2.05) is 6.92 Å². The largest absolute Gasteiger partial charge is 0.465 e. The first-order chi connectivity index (χ1) is 8.43. The van der Waals surface area contributed by atoms with Gasteiger partial charge in [0, 0.05) is 13.1 Å². The first-order valence-corrected chi connectivity index (χ1v) is 6.22. The Labute approximate surface area is 107 Å². The fourth-order valence-corrected chi connectivity index (χ4v) is 1.94. The third-order valence-electron chi connectivity index (χ3n) is 3.18. The van der Waals surface area contributed by atoms with Gasteiger partial charge < -0.3 is 14.7 Å². The van der Waals surface area contributed by atoms with E-state index >= 15 is 0 Å². The van der Waals surface area contributed by atoms with Gasteiger partial charge in [0.1, 0.15) is 0 Å². The van der Waals surface area contributed by atoms with E-state index in [1.165, 1.54) is 11.8 Å². The number of hydrogen-bond acceptors (Lipinski definition) is 3. The van der Waals surface area contributed by atoms with Gasteiger partial charge in [-0.2, -0.15) is 0 Å². The van der Waals surface area contributed by atoms with E-state index in [0.717, 1.165) is 12.8 Å². The van der Waals surface area contributed by atoms with Crippen molar-refractivity contribution in [1.29, 1.82) is 0 Å². The maximum Gasteiger partial charge on any atom is 0.407 e. The number of carboxylic acid groups (broad SMARTS) is 1. The molecular formula is C13H21NO4. The molecule has 1 rings (SSSR count). The zero-order chi connectivity index (χ0) is 13.6. The monoisotopic (exact) mass is 255 g/mol. The number of rotatable bonds is 5. The topological polar surface area (TPSA) is 66.8 Å². The lowest BCUT2D eigenvalue weighted by atomic mass is 9.93. The summed E-state index contributed by atoms with van der Waals surface area (Å²) in [6.45, 7) is 5.14. The number of ketones is 1. The highest BCUT2D eigenvalue weighted by atomic mass is 16.5. The Morgan fingerprint density at radius 2 is 2.00 bits per heavy atom. The summed E-state index contributed by atoms with van der Waals surface area (Å²) in [6, 6.07) is 0. The van der Waals surface area contributed by atoms with Crippen LogP contribution in [0.5, 0.6) is 0 Å². The van der Waals surface area contributed by atoms with Crippen LogP contribution in [-0.4, -0.2) is 47.2 Å². The molecule has 0 aliphatic carbocycles. The molecular weight excluding hydrogens is 234 g/mol. The van der Waals surface area contributed by atoms with Crippen LogP contribution in [0.2, 0.25) is 0 Å². The van der Waals surface area contributed by atoms with Gasteiger partial charge in [0.25, 0.3) is 0 Å². The fourth-order valence-electron chi connectivity index (χ4n) is 1.94. The molecule has 5 heteroatoms. The maximum atomic E-state index is 10.8. The molecule has 102 valence electrons. The summed E-state index contributed by atoms with van der Waals surface area (Å²) in [5.74, 6) is 0.0379. The average Bonchev–Trinajstić information content (AvgIpc) is 2.28. The van der Waals surface area contributed by atoms with Gasteiger partial charge in [-0.25, -0.2) is 4.79 Å². The summed E-state index contributed by atoms with van der Waals surface area (Å²) in [5, 5.41) is 8.85. The molecule has 1 aliphatic heterocycles. The van der Waals surface area contributed by atoms with Crippen LogP contribution in [0.3, 0.4) is 0 Å². The Morgan fingerprint density at radius 3 is 2.50 bits per heavy atom. The first kappa shape index (κ1) is 14.7. The standard InChI is InChI=1S/C13H21NO4/c1-11(15)5-3-4-10-18-13(2)6-8-14(9-7-13)12(16)17/h3,5H,4,6-10H2,1-2H3,(H,16,17)/b5-3+. The van der Waals surface area contributed by atoms with Gasteiger partial charge in [-0.15, -0.1) is 0 Å². The lowest BCUT2D eigenvalue weighted by Gasteiger charge is -2.38. The molecule has 5 nitrogen and oxygen atoms in total. The predicted octanol–water partition coefficient (Wildman–Crippen LogP) is 2.07. The van der Waals surface area contributed by atoms with Crippen LogP contribution in [0, 0.1) is 0 Å². The van der Waals surface area contributed by atoms with Gasteiger partial charge >= 0.3 is 6.09 Å². The number of hydrogen-bond donors (Lipinski definition) is 1. The highest BCUT2D eigenvalue weighted by molar-refractivity contribution is 5.87. The Kier molecular flexibility index (Phi) is 5.34. The van der Waals surface area contributed by atoms with Crippen molar-refractivity contribution in [2.75, 3.05) is 19.7 Å². The van der Waals surface area contributed by atoms with Crippen molar-refractivity contribution in [3.05, 3.63) is 12.2 Å². The molecule has 1 N–H and O–H groups in total. The summed E-state index contributed by atoms with van der Waals surface area (Å²) in [6.07, 6.45) is 4.63. The summed E-state index contributed by atoms with van der Waals surface area (Å²) in [5.41, 5.74) is -0.240. The van der Waals surface area contributed by atoms with Crippen LogP contribution in [0.1, 0.15) is 33.1 Å². The molecule has 0 spiro atoms. The molecule has 0 aromatic carbocycles. The second-order valence-electron chi connectivity index (χ2n) is 4.87. The quantitative estimate of drug-likeness (QED) is 0.603. The fraction of sp³-hybridized carbons (Fsp3) is 0.692. The molecule has 0 saturated carbocycles. The van der Waals surface area contributed by atoms with Crippen LogP contribution in [0.25, 0.3) is 0 Å². The van der Waals surface area contributed by atoms with E-state index in [2.05, 4.69) is 0 Å². The van der Waals surface area contributed by atoms with Crippen molar-refractivity contribution in [3.63, 3.8) is 0 Å². The van der Waals surface area contributed by atoms with E-state index in [-0.39, 0.29) is 11.4 Å². The van der Waals surface area contributed by atoms with Crippen molar-refractivity contribution in [3.8, 4) is 0 Å². The third-order valence-corrected chi connectivity index (χ3v) is 3.18. The minimum Gasteiger partial charge on any atom is -0.465 e. The molecule has 0 radical (unpaired) electrons. The number of carbonyl (C=O) groups is 2.